The van der Waals surface area contributed by atoms with Crippen molar-refractivity contribution in [1.29, 1.82) is 0 Å². The van der Waals surface area contributed by atoms with Crippen LogP contribution in [-0.2, 0) is 14.9 Å². The first-order valence-corrected chi connectivity index (χ1v) is 12.0. The number of para-hydroxylation sites is 3. The number of anilines is 1. The summed E-state index contributed by atoms with van der Waals surface area (Å²) in [5, 5.41) is 11.3. The van der Waals surface area contributed by atoms with Crippen molar-refractivity contribution >= 4 is 61.8 Å². The second kappa shape index (κ2) is 9.14. The van der Waals surface area contributed by atoms with Crippen LogP contribution in [0.15, 0.2) is 88.7 Å². The van der Waals surface area contributed by atoms with Crippen LogP contribution in [0.3, 0.4) is 0 Å². The van der Waals surface area contributed by atoms with Gasteiger partial charge in [0.15, 0.2) is 9.22 Å². The van der Waals surface area contributed by atoms with E-state index in [2.05, 4.69) is 0 Å². The van der Waals surface area contributed by atoms with E-state index >= 15 is 0 Å². The van der Waals surface area contributed by atoms with E-state index in [0.717, 1.165) is 23.9 Å². The van der Waals surface area contributed by atoms with Crippen molar-refractivity contribution in [1.82, 2.24) is 0 Å². The molecule has 0 unspecified atom stereocenters. The molecule has 1 amide bonds. The first-order valence-electron chi connectivity index (χ1n) is 9.38. The summed E-state index contributed by atoms with van der Waals surface area (Å²) in [6.45, 7) is 0. The lowest BCUT2D eigenvalue weighted by Crippen LogP contribution is -2.27. The molecule has 1 saturated heterocycles. The molecular weight excluding hydrogens is 484 g/mol. The Hall–Kier alpha value is -3.54. The molecule has 1 heterocycles. The Morgan fingerprint density at radius 1 is 0.970 bits per heavy atom. The zero-order valence-corrected chi connectivity index (χ0v) is 19.1. The minimum Gasteiger partial charge on any atom is -0.378 e. The van der Waals surface area contributed by atoms with Crippen LogP contribution in [0, 0.1) is 10.1 Å². The maximum atomic E-state index is 13.0. The van der Waals surface area contributed by atoms with Crippen molar-refractivity contribution in [3.05, 3.63) is 99.4 Å². The molecule has 1 fully saturated rings. The number of benzene rings is 3. The fourth-order valence-electron chi connectivity index (χ4n) is 3.07. The maximum Gasteiger partial charge on any atom is 0.346 e. The predicted octanol–water partition coefficient (Wildman–Crippen LogP) is 4.77. The molecule has 11 heteroatoms. The first kappa shape index (κ1) is 22.6. The molecule has 1 aliphatic rings. The minimum atomic E-state index is -4.52. The van der Waals surface area contributed by atoms with Gasteiger partial charge in [0, 0.05) is 11.6 Å². The topological polar surface area (TPSA) is 107 Å². The fourth-order valence-corrected chi connectivity index (χ4v) is 5.48. The van der Waals surface area contributed by atoms with Crippen LogP contribution in [0.2, 0.25) is 0 Å². The number of thiocarbonyl (C=S) groups is 1. The molecule has 0 atom stereocenters. The Bertz CT molecular complexity index is 1400. The van der Waals surface area contributed by atoms with Crippen LogP contribution < -0.4 is 9.08 Å². The Morgan fingerprint density at radius 2 is 1.61 bits per heavy atom. The smallest absolute Gasteiger partial charge is 0.346 e. The lowest BCUT2D eigenvalue weighted by molar-refractivity contribution is -0.387. The molecule has 0 N–H and O–H groups in total. The van der Waals surface area contributed by atoms with Crippen LogP contribution in [0.4, 0.5) is 11.4 Å². The van der Waals surface area contributed by atoms with Gasteiger partial charge in [0.1, 0.15) is 5.75 Å². The molecule has 0 bridgehead atoms. The average molecular weight is 499 g/mol. The highest BCUT2D eigenvalue weighted by atomic mass is 32.2. The molecule has 8 nitrogen and oxygen atoms in total. The zero-order chi connectivity index (χ0) is 23.6. The summed E-state index contributed by atoms with van der Waals surface area (Å²) in [6, 6.07) is 20.0. The first-order chi connectivity index (χ1) is 15.8. The summed E-state index contributed by atoms with van der Waals surface area (Å²) in [6.07, 6.45) is 1.48. The van der Waals surface area contributed by atoms with Crippen LogP contribution in [0.1, 0.15) is 5.56 Å². The fraction of sp³-hybridized carbons (Fsp3) is 0. The number of nitrogens with zero attached hydrogens (tertiary/aromatic N) is 2. The SMILES string of the molecule is O=C1C(=Cc2ccccc2OS(=O)(=O)c2ccccc2[N+](=O)[O-])SC(=S)N1c1ccccc1. The standard InChI is InChI=1S/C22H14N2O6S3/c25-21-19(32-22(31)23(21)16-9-2-1-3-10-16)14-15-8-4-6-12-18(15)30-33(28,29)20-13-7-5-11-17(20)24(26)27/h1-14H. The van der Waals surface area contributed by atoms with Gasteiger partial charge >= 0.3 is 10.1 Å². The number of rotatable bonds is 6. The average Bonchev–Trinajstić information content (AvgIpc) is 3.08. The Balaban J connectivity index is 1.68. The second-order valence-corrected chi connectivity index (χ2v) is 9.84. The number of thioether (sulfide) groups is 1. The van der Waals surface area contributed by atoms with Gasteiger partial charge in [-0.05, 0) is 30.3 Å². The van der Waals surface area contributed by atoms with E-state index in [1.165, 1.54) is 29.2 Å². The van der Waals surface area contributed by atoms with Gasteiger partial charge in [0.05, 0.1) is 15.5 Å². The lowest BCUT2D eigenvalue weighted by atomic mass is 10.2. The molecule has 33 heavy (non-hydrogen) atoms. The Morgan fingerprint density at radius 3 is 2.33 bits per heavy atom. The van der Waals surface area contributed by atoms with Gasteiger partial charge in [-0.3, -0.25) is 19.8 Å². The Labute approximate surface area is 198 Å². The molecular formula is C22H14N2O6S3. The van der Waals surface area contributed by atoms with Crippen LogP contribution >= 0.6 is 24.0 Å². The highest BCUT2D eigenvalue weighted by Gasteiger charge is 2.34. The van der Waals surface area contributed by atoms with E-state index in [9.17, 15) is 23.3 Å². The third-order valence-corrected chi connectivity index (χ3v) is 7.13. The van der Waals surface area contributed by atoms with E-state index in [-0.39, 0.29) is 16.6 Å². The molecule has 4 rings (SSSR count). The minimum absolute atomic E-state index is 0.0827. The second-order valence-electron chi connectivity index (χ2n) is 6.65. The summed E-state index contributed by atoms with van der Waals surface area (Å²) in [5.41, 5.74) is 0.318. The van der Waals surface area contributed by atoms with E-state index in [0.29, 0.717) is 15.6 Å². The zero-order valence-electron chi connectivity index (χ0n) is 16.7. The van der Waals surface area contributed by atoms with Crippen LogP contribution in [0.5, 0.6) is 5.75 Å². The molecule has 0 aliphatic carbocycles. The van der Waals surface area contributed by atoms with Crippen LogP contribution in [0.25, 0.3) is 6.08 Å². The van der Waals surface area contributed by atoms with E-state index in [1.54, 1.807) is 42.5 Å². The number of hydrogen-bond acceptors (Lipinski definition) is 8. The monoisotopic (exact) mass is 498 g/mol. The molecule has 0 spiro atoms. The summed E-state index contributed by atoms with van der Waals surface area (Å²) in [4.78, 5) is 24.5. The van der Waals surface area contributed by atoms with Gasteiger partial charge in [0.2, 0.25) is 0 Å². The highest BCUT2D eigenvalue weighted by molar-refractivity contribution is 8.27. The van der Waals surface area contributed by atoms with E-state index in [4.69, 9.17) is 16.4 Å². The van der Waals surface area contributed by atoms with E-state index < -0.39 is 25.6 Å². The van der Waals surface area contributed by atoms with E-state index in [1.807, 2.05) is 6.07 Å². The van der Waals surface area contributed by atoms with Gasteiger partial charge < -0.3 is 4.18 Å². The third-order valence-electron chi connectivity index (χ3n) is 4.54. The molecule has 3 aromatic rings. The van der Waals surface area contributed by atoms with Gasteiger partial charge in [-0.25, -0.2) is 0 Å². The highest BCUT2D eigenvalue weighted by Crippen LogP contribution is 2.37. The van der Waals surface area contributed by atoms with Crippen molar-refractivity contribution in [2.24, 2.45) is 0 Å². The van der Waals surface area contributed by atoms with Gasteiger partial charge in [-0.2, -0.15) is 8.42 Å². The lowest BCUT2D eigenvalue weighted by Gasteiger charge is -2.14. The number of nitro groups is 1. The maximum absolute atomic E-state index is 13.0. The van der Waals surface area contributed by atoms with Crippen molar-refractivity contribution in [3.63, 3.8) is 0 Å². The number of carbonyl (C=O) groups excluding carboxylic acids is 1. The van der Waals surface area contributed by atoms with Gasteiger partial charge in [-0.15, -0.1) is 0 Å². The van der Waals surface area contributed by atoms with Crippen molar-refractivity contribution in [2.45, 2.75) is 4.90 Å². The summed E-state index contributed by atoms with van der Waals surface area (Å²) >= 11 is 6.43. The number of hydrogen-bond donors (Lipinski definition) is 0. The Kier molecular flexibility index (Phi) is 6.27. The summed E-state index contributed by atoms with van der Waals surface area (Å²) in [7, 11) is -4.52. The number of nitro benzene ring substituents is 1. The van der Waals surface area contributed by atoms with Crippen molar-refractivity contribution in [3.8, 4) is 5.75 Å². The van der Waals surface area contributed by atoms with Crippen molar-refractivity contribution < 1.29 is 22.3 Å². The molecule has 0 radical (unpaired) electrons. The summed E-state index contributed by atoms with van der Waals surface area (Å²) < 4.78 is 31.2. The van der Waals surface area contributed by atoms with Gasteiger partial charge in [0.25, 0.3) is 11.6 Å². The van der Waals surface area contributed by atoms with Crippen molar-refractivity contribution in [2.75, 3.05) is 4.90 Å². The largest absolute Gasteiger partial charge is 0.378 e. The third kappa shape index (κ3) is 4.65. The molecule has 1 aliphatic heterocycles. The number of carbonyl (C=O) groups is 1. The van der Waals surface area contributed by atoms with Gasteiger partial charge in [-0.1, -0.05) is 72.5 Å². The van der Waals surface area contributed by atoms with Crippen LogP contribution in [-0.4, -0.2) is 23.6 Å². The normalized spacial score (nSPS) is 15.2. The molecule has 0 aromatic heterocycles. The molecule has 166 valence electrons. The molecule has 0 saturated carbocycles. The number of amides is 1. The predicted molar refractivity (Wildman–Crippen MR) is 129 cm³/mol. The quantitative estimate of drug-likeness (QED) is 0.157. The molecule has 3 aromatic carbocycles. The summed E-state index contributed by atoms with van der Waals surface area (Å²) in [5.74, 6) is -0.437.